The van der Waals surface area contributed by atoms with E-state index in [-0.39, 0.29) is 0 Å². The van der Waals surface area contributed by atoms with Crippen LogP contribution in [0.2, 0.25) is 0 Å². The smallest absolute Gasteiger partial charge is 0.0770 e. The van der Waals surface area contributed by atoms with Gasteiger partial charge in [-0.15, -0.1) is 0 Å². The van der Waals surface area contributed by atoms with Gasteiger partial charge in [0.05, 0.1) is 13.1 Å². The summed E-state index contributed by atoms with van der Waals surface area (Å²) in [4.78, 5) is 0. The SMILES string of the molecule is NC1CC[NH2+]CC1. The van der Waals surface area contributed by atoms with Crippen molar-refractivity contribution in [3.63, 3.8) is 0 Å². The highest BCUT2D eigenvalue weighted by Gasteiger charge is 2.08. The predicted molar refractivity (Wildman–Crippen MR) is 28.9 cm³/mol. The lowest BCUT2D eigenvalue weighted by molar-refractivity contribution is -0.662. The molecule has 42 valence electrons. The number of nitrogens with two attached hydrogens (primary N) is 2. The lowest BCUT2D eigenvalue weighted by Gasteiger charge is -2.14. The van der Waals surface area contributed by atoms with Gasteiger partial charge in [0, 0.05) is 18.9 Å². The van der Waals surface area contributed by atoms with Gasteiger partial charge in [0.1, 0.15) is 0 Å². The average Bonchev–Trinajstić information content (AvgIpc) is 1.69. The molecule has 0 aliphatic carbocycles. The molecular weight excluding hydrogens is 88.1 g/mol. The lowest BCUT2D eigenvalue weighted by atomic mass is 10.1. The predicted octanol–water partition coefficient (Wildman–Crippen LogP) is -1.33. The van der Waals surface area contributed by atoms with E-state index >= 15 is 0 Å². The topological polar surface area (TPSA) is 42.6 Å². The van der Waals surface area contributed by atoms with Gasteiger partial charge in [-0.3, -0.25) is 0 Å². The molecule has 0 aromatic rings. The monoisotopic (exact) mass is 101 g/mol. The Morgan fingerprint density at radius 1 is 1.29 bits per heavy atom. The summed E-state index contributed by atoms with van der Waals surface area (Å²) in [6.45, 7) is 2.47. The summed E-state index contributed by atoms with van der Waals surface area (Å²) in [5.41, 5.74) is 5.61. The van der Waals surface area contributed by atoms with E-state index in [9.17, 15) is 0 Å². The summed E-state index contributed by atoms with van der Waals surface area (Å²) in [6, 6.07) is 0.505. The van der Waals surface area contributed by atoms with Crippen molar-refractivity contribution in [3.8, 4) is 0 Å². The number of rotatable bonds is 0. The Balaban J connectivity index is 2.12. The summed E-state index contributed by atoms with van der Waals surface area (Å²) in [6.07, 6.45) is 2.42. The minimum Gasteiger partial charge on any atom is -0.346 e. The summed E-state index contributed by atoms with van der Waals surface area (Å²) in [7, 11) is 0. The van der Waals surface area contributed by atoms with Crippen molar-refractivity contribution in [3.05, 3.63) is 0 Å². The molecule has 1 rings (SSSR count). The molecule has 0 saturated carbocycles. The summed E-state index contributed by atoms with van der Waals surface area (Å²) in [5, 5.41) is 2.32. The van der Waals surface area contributed by atoms with E-state index in [1.807, 2.05) is 0 Å². The van der Waals surface area contributed by atoms with E-state index in [1.54, 1.807) is 0 Å². The van der Waals surface area contributed by atoms with Crippen LogP contribution in [0.5, 0.6) is 0 Å². The normalized spacial score (nSPS) is 25.3. The molecular formula is C5H13N2+. The molecule has 2 nitrogen and oxygen atoms in total. The number of hydrogen-bond donors (Lipinski definition) is 2. The van der Waals surface area contributed by atoms with E-state index in [2.05, 4.69) is 5.32 Å². The maximum Gasteiger partial charge on any atom is 0.0770 e. The first-order valence-electron chi connectivity index (χ1n) is 2.97. The zero-order valence-corrected chi connectivity index (χ0v) is 4.56. The summed E-state index contributed by atoms with van der Waals surface area (Å²) in [5.74, 6) is 0. The number of quaternary nitrogens is 1. The Morgan fingerprint density at radius 2 is 1.86 bits per heavy atom. The van der Waals surface area contributed by atoms with Crippen LogP contribution in [0.3, 0.4) is 0 Å². The molecule has 1 aliphatic rings. The first-order valence-corrected chi connectivity index (χ1v) is 2.97. The van der Waals surface area contributed by atoms with E-state index in [1.165, 1.54) is 25.9 Å². The molecule has 0 spiro atoms. The minimum atomic E-state index is 0.505. The highest BCUT2D eigenvalue weighted by molar-refractivity contribution is 4.60. The van der Waals surface area contributed by atoms with Gasteiger partial charge >= 0.3 is 0 Å². The van der Waals surface area contributed by atoms with Crippen LogP contribution in [0.1, 0.15) is 12.8 Å². The third-order valence-electron chi connectivity index (χ3n) is 1.48. The van der Waals surface area contributed by atoms with Crippen molar-refractivity contribution in [2.24, 2.45) is 5.73 Å². The van der Waals surface area contributed by atoms with Crippen molar-refractivity contribution in [1.29, 1.82) is 0 Å². The van der Waals surface area contributed by atoms with Crippen molar-refractivity contribution in [2.75, 3.05) is 13.1 Å². The van der Waals surface area contributed by atoms with E-state index in [0.29, 0.717) is 6.04 Å². The van der Waals surface area contributed by atoms with Crippen LogP contribution in [0, 0.1) is 0 Å². The Hall–Kier alpha value is -0.0800. The van der Waals surface area contributed by atoms with Crippen molar-refractivity contribution in [2.45, 2.75) is 18.9 Å². The van der Waals surface area contributed by atoms with E-state index in [0.717, 1.165) is 0 Å². The van der Waals surface area contributed by atoms with Crippen LogP contribution in [0.15, 0.2) is 0 Å². The highest BCUT2D eigenvalue weighted by Crippen LogP contribution is 1.91. The molecule has 2 heteroatoms. The molecule has 1 fully saturated rings. The molecule has 0 atom stereocenters. The maximum atomic E-state index is 5.61. The number of hydrogen-bond acceptors (Lipinski definition) is 1. The summed E-state index contributed by atoms with van der Waals surface area (Å²) >= 11 is 0. The fourth-order valence-corrected chi connectivity index (χ4v) is 0.953. The van der Waals surface area contributed by atoms with Gasteiger partial charge in [0.2, 0.25) is 0 Å². The molecule has 0 aromatic carbocycles. The quantitative estimate of drug-likeness (QED) is 0.390. The van der Waals surface area contributed by atoms with Crippen molar-refractivity contribution >= 4 is 0 Å². The summed E-state index contributed by atoms with van der Waals surface area (Å²) < 4.78 is 0. The molecule has 0 radical (unpaired) electrons. The first kappa shape index (κ1) is 5.06. The van der Waals surface area contributed by atoms with Gasteiger partial charge < -0.3 is 11.1 Å². The molecule has 0 bridgehead atoms. The maximum absolute atomic E-state index is 5.61. The molecule has 0 amide bonds. The molecule has 1 heterocycles. The minimum absolute atomic E-state index is 0.505. The van der Waals surface area contributed by atoms with Crippen molar-refractivity contribution in [1.82, 2.24) is 0 Å². The number of piperidine rings is 1. The van der Waals surface area contributed by atoms with Crippen LogP contribution in [0.4, 0.5) is 0 Å². The second kappa shape index (κ2) is 2.28. The second-order valence-electron chi connectivity index (χ2n) is 2.20. The first-order chi connectivity index (χ1) is 3.39. The van der Waals surface area contributed by atoms with Gasteiger partial charge in [-0.05, 0) is 0 Å². The second-order valence-corrected chi connectivity index (χ2v) is 2.20. The fourth-order valence-electron chi connectivity index (χ4n) is 0.953. The third kappa shape index (κ3) is 1.45. The van der Waals surface area contributed by atoms with Gasteiger partial charge in [-0.1, -0.05) is 0 Å². The molecule has 0 aromatic heterocycles. The molecule has 1 saturated heterocycles. The zero-order chi connectivity index (χ0) is 5.11. The van der Waals surface area contributed by atoms with Crippen LogP contribution in [-0.2, 0) is 0 Å². The largest absolute Gasteiger partial charge is 0.346 e. The molecule has 7 heavy (non-hydrogen) atoms. The lowest BCUT2D eigenvalue weighted by Crippen LogP contribution is -2.87. The van der Waals surface area contributed by atoms with Crippen LogP contribution < -0.4 is 11.1 Å². The molecule has 1 aliphatic heterocycles. The highest BCUT2D eigenvalue weighted by atomic mass is 14.9. The average molecular weight is 101 g/mol. The Morgan fingerprint density at radius 3 is 2.14 bits per heavy atom. The van der Waals surface area contributed by atoms with Crippen LogP contribution >= 0.6 is 0 Å². The Kier molecular flexibility index (Phi) is 1.65. The van der Waals surface area contributed by atoms with E-state index < -0.39 is 0 Å². The van der Waals surface area contributed by atoms with Gasteiger partial charge in [0.15, 0.2) is 0 Å². The Labute approximate surface area is 44.1 Å². The standard InChI is InChI=1S/C5H12N2/c6-5-1-3-7-4-2-5/h5,7H,1-4,6H2/p+1. The molecule has 4 N–H and O–H groups in total. The fraction of sp³-hybridized carbons (Fsp3) is 1.00. The van der Waals surface area contributed by atoms with Crippen molar-refractivity contribution < 1.29 is 5.32 Å². The van der Waals surface area contributed by atoms with Gasteiger partial charge in [0.25, 0.3) is 0 Å². The van der Waals surface area contributed by atoms with Crippen LogP contribution in [-0.4, -0.2) is 19.1 Å². The van der Waals surface area contributed by atoms with E-state index in [4.69, 9.17) is 5.73 Å². The van der Waals surface area contributed by atoms with Gasteiger partial charge in [-0.2, -0.15) is 0 Å². The van der Waals surface area contributed by atoms with Crippen LogP contribution in [0.25, 0.3) is 0 Å². The van der Waals surface area contributed by atoms with Gasteiger partial charge in [-0.25, -0.2) is 0 Å². The third-order valence-corrected chi connectivity index (χ3v) is 1.48. The zero-order valence-electron chi connectivity index (χ0n) is 4.56. The Bertz CT molecular complexity index is 48.0. The molecule has 0 unspecified atom stereocenters.